The van der Waals surface area contributed by atoms with Gasteiger partial charge in [-0.15, -0.1) is 0 Å². The summed E-state index contributed by atoms with van der Waals surface area (Å²) in [5.74, 6) is 1.02. The van der Waals surface area contributed by atoms with Crippen LogP contribution in [0.1, 0.15) is 21.5 Å². The molecular formula is C16H12O3. The molecule has 2 aromatic carbocycles. The zero-order valence-corrected chi connectivity index (χ0v) is 10.4. The lowest BCUT2D eigenvalue weighted by molar-refractivity contribution is 0.101. The Hall–Kier alpha value is -2.55. The zero-order valence-electron chi connectivity index (χ0n) is 10.4. The quantitative estimate of drug-likeness (QED) is 0.792. The molecule has 3 nitrogen and oxygen atoms in total. The minimum atomic E-state index is -0.0961. The van der Waals surface area contributed by atoms with E-state index in [1.165, 1.54) is 0 Å². The molecule has 3 rings (SSSR count). The lowest BCUT2D eigenvalue weighted by Crippen LogP contribution is -1.99. The topological polar surface area (TPSA) is 46.5 Å². The highest BCUT2D eigenvalue weighted by molar-refractivity contribution is 6.15. The maximum atomic E-state index is 12.2. The molecule has 0 saturated heterocycles. The standard InChI is InChI=1S/C16H12O3/c1-10-3-2-4-13-15(10)16(18)14(19-13)9-11-5-7-12(17)8-6-11/h2-9,17H,1H3/b14-9-. The Bertz CT molecular complexity index is 682. The second-order valence-corrected chi connectivity index (χ2v) is 4.48. The van der Waals surface area contributed by atoms with E-state index in [2.05, 4.69) is 0 Å². The SMILES string of the molecule is Cc1cccc2c1C(=O)/C(=C/c1ccc(O)cc1)O2. The smallest absolute Gasteiger partial charge is 0.232 e. The monoisotopic (exact) mass is 252 g/mol. The third kappa shape index (κ3) is 1.99. The molecule has 0 fully saturated rings. The van der Waals surface area contributed by atoms with Gasteiger partial charge in [-0.3, -0.25) is 4.79 Å². The fourth-order valence-corrected chi connectivity index (χ4v) is 2.12. The largest absolute Gasteiger partial charge is 0.508 e. The Balaban J connectivity index is 2.00. The fraction of sp³-hybridized carbons (Fsp3) is 0.0625. The van der Waals surface area contributed by atoms with Crippen molar-refractivity contribution in [1.29, 1.82) is 0 Å². The van der Waals surface area contributed by atoms with E-state index in [0.29, 0.717) is 17.1 Å². The summed E-state index contributed by atoms with van der Waals surface area (Å²) in [6.45, 7) is 1.89. The minimum absolute atomic E-state index is 0.0961. The first-order valence-corrected chi connectivity index (χ1v) is 5.98. The van der Waals surface area contributed by atoms with E-state index < -0.39 is 0 Å². The summed E-state index contributed by atoms with van der Waals surface area (Å²) in [5.41, 5.74) is 2.36. The van der Waals surface area contributed by atoms with Gasteiger partial charge in [-0.1, -0.05) is 24.3 Å². The number of Topliss-reactive ketones (excluding diaryl/α,β-unsaturated/α-hetero) is 1. The van der Waals surface area contributed by atoms with Gasteiger partial charge in [-0.25, -0.2) is 0 Å². The maximum absolute atomic E-state index is 12.2. The molecule has 0 radical (unpaired) electrons. The van der Waals surface area contributed by atoms with Crippen LogP contribution >= 0.6 is 0 Å². The Kier molecular flexibility index (Phi) is 2.60. The highest BCUT2D eigenvalue weighted by Gasteiger charge is 2.28. The number of aromatic hydroxyl groups is 1. The molecule has 0 saturated carbocycles. The molecule has 1 aliphatic rings. The van der Waals surface area contributed by atoms with E-state index >= 15 is 0 Å². The van der Waals surface area contributed by atoms with Crippen LogP contribution in [-0.4, -0.2) is 10.9 Å². The van der Waals surface area contributed by atoms with E-state index in [1.807, 2.05) is 19.1 Å². The molecule has 1 N–H and O–H groups in total. The number of phenols is 1. The number of carbonyl (C=O) groups is 1. The van der Waals surface area contributed by atoms with Crippen molar-refractivity contribution in [3.63, 3.8) is 0 Å². The summed E-state index contributed by atoms with van der Waals surface area (Å²) in [5, 5.41) is 9.23. The molecule has 1 heterocycles. The van der Waals surface area contributed by atoms with Crippen LogP contribution in [0.25, 0.3) is 6.08 Å². The van der Waals surface area contributed by atoms with Gasteiger partial charge in [-0.05, 0) is 42.3 Å². The van der Waals surface area contributed by atoms with Gasteiger partial charge in [0.25, 0.3) is 0 Å². The lowest BCUT2D eigenvalue weighted by Gasteiger charge is -1.98. The molecular weight excluding hydrogens is 240 g/mol. The summed E-state index contributed by atoms with van der Waals surface area (Å²) in [7, 11) is 0. The second kappa shape index (κ2) is 4.28. The minimum Gasteiger partial charge on any atom is -0.508 e. The Morgan fingerprint density at radius 3 is 2.53 bits per heavy atom. The van der Waals surface area contributed by atoms with Crippen LogP contribution in [0.2, 0.25) is 0 Å². The number of ketones is 1. The third-order valence-electron chi connectivity index (χ3n) is 3.10. The van der Waals surface area contributed by atoms with Crippen molar-refractivity contribution >= 4 is 11.9 Å². The van der Waals surface area contributed by atoms with Crippen molar-refractivity contribution in [3.05, 3.63) is 64.9 Å². The van der Waals surface area contributed by atoms with E-state index in [9.17, 15) is 9.90 Å². The average molecular weight is 252 g/mol. The van der Waals surface area contributed by atoms with Crippen molar-refractivity contribution < 1.29 is 14.6 Å². The molecule has 3 heteroatoms. The van der Waals surface area contributed by atoms with Crippen molar-refractivity contribution in [3.8, 4) is 11.5 Å². The van der Waals surface area contributed by atoms with E-state index in [4.69, 9.17) is 4.74 Å². The molecule has 0 aromatic heterocycles. The van der Waals surface area contributed by atoms with Crippen LogP contribution in [0.3, 0.4) is 0 Å². The van der Waals surface area contributed by atoms with Gasteiger partial charge in [0, 0.05) is 0 Å². The van der Waals surface area contributed by atoms with Gasteiger partial charge < -0.3 is 9.84 Å². The van der Waals surface area contributed by atoms with Crippen LogP contribution in [0.15, 0.2) is 48.2 Å². The molecule has 0 spiro atoms. The van der Waals surface area contributed by atoms with Crippen molar-refractivity contribution in [2.24, 2.45) is 0 Å². The van der Waals surface area contributed by atoms with E-state index in [1.54, 1.807) is 36.4 Å². The first-order chi connectivity index (χ1) is 9.15. The number of fused-ring (bicyclic) bond motifs is 1. The summed E-state index contributed by atoms with van der Waals surface area (Å²) in [6.07, 6.45) is 1.68. The van der Waals surface area contributed by atoms with Crippen molar-refractivity contribution in [1.82, 2.24) is 0 Å². The second-order valence-electron chi connectivity index (χ2n) is 4.48. The highest BCUT2D eigenvalue weighted by atomic mass is 16.5. The van der Waals surface area contributed by atoms with Gasteiger partial charge >= 0.3 is 0 Å². The molecule has 0 bridgehead atoms. The molecule has 1 aliphatic heterocycles. The predicted octanol–water partition coefficient (Wildman–Crippen LogP) is 3.32. The summed E-state index contributed by atoms with van der Waals surface area (Å²) >= 11 is 0. The Morgan fingerprint density at radius 2 is 1.84 bits per heavy atom. The Labute approximate surface area is 110 Å². The third-order valence-corrected chi connectivity index (χ3v) is 3.10. The van der Waals surface area contributed by atoms with E-state index in [-0.39, 0.29) is 11.5 Å². The fourth-order valence-electron chi connectivity index (χ4n) is 2.12. The zero-order chi connectivity index (χ0) is 13.4. The summed E-state index contributed by atoms with van der Waals surface area (Å²) in [4.78, 5) is 12.2. The number of aryl methyl sites for hydroxylation is 1. The molecule has 0 amide bonds. The van der Waals surface area contributed by atoms with E-state index in [0.717, 1.165) is 11.1 Å². The predicted molar refractivity (Wildman–Crippen MR) is 72.2 cm³/mol. The van der Waals surface area contributed by atoms with Crippen LogP contribution < -0.4 is 4.74 Å². The number of phenolic OH excluding ortho intramolecular Hbond substituents is 1. The number of rotatable bonds is 1. The number of hydrogen-bond donors (Lipinski definition) is 1. The first kappa shape index (κ1) is 11.5. The maximum Gasteiger partial charge on any atom is 0.232 e. The summed E-state index contributed by atoms with van der Waals surface area (Å²) < 4.78 is 5.58. The number of ether oxygens (including phenoxy) is 1. The Morgan fingerprint density at radius 1 is 1.11 bits per heavy atom. The van der Waals surface area contributed by atoms with Crippen molar-refractivity contribution in [2.45, 2.75) is 6.92 Å². The lowest BCUT2D eigenvalue weighted by atomic mass is 10.0. The highest BCUT2D eigenvalue weighted by Crippen LogP contribution is 2.33. The number of hydrogen-bond acceptors (Lipinski definition) is 3. The van der Waals surface area contributed by atoms with Gasteiger partial charge in [0.15, 0.2) is 5.76 Å². The molecule has 19 heavy (non-hydrogen) atoms. The number of benzene rings is 2. The van der Waals surface area contributed by atoms with Gasteiger partial charge in [0.1, 0.15) is 11.5 Å². The first-order valence-electron chi connectivity index (χ1n) is 5.98. The molecule has 94 valence electrons. The molecule has 0 aliphatic carbocycles. The van der Waals surface area contributed by atoms with Gasteiger partial charge in [-0.2, -0.15) is 0 Å². The van der Waals surface area contributed by atoms with Gasteiger partial charge in [0.05, 0.1) is 5.56 Å². The van der Waals surface area contributed by atoms with Crippen LogP contribution in [0.5, 0.6) is 11.5 Å². The number of carbonyl (C=O) groups excluding carboxylic acids is 1. The molecule has 0 atom stereocenters. The summed E-state index contributed by atoms with van der Waals surface area (Å²) in [6, 6.07) is 12.2. The van der Waals surface area contributed by atoms with Crippen LogP contribution in [0, 0.1) is 6.92 Å². The molecule has 0 unspecified atom stereocenters. The van der Waals surface area contributed by atoms with Crippen LogP contribution in [-0.2, 0) is 0 Å². The van der Waals surface area contributed by atoms with Crippen LogP contribution in [0.4, 0.5) is 0 Å². The normalized spacial score (nSPS) is 15.4. The average Bonchev–Trinajstić information content (AvgIpc) is 2.71. The number of allylic oxidation sites excluding steroid dienone is 1. The van der Waals surface area contributed by atoms with Gasteiger partial charge in [0.2, 0.25) is 5.78 Å². The molecule has 2 aromatic rings. The van der Waals surface area contributed by atoms with Crippen molar-refractivity contribution in [2.75, 3.05) is 0 Å².